The van der Waals surface area contributed by atoms with Crippen LogP contribution < -0.4 is 9.62 Å². The van der Waals surface area contributed by atoms with Gasteiger partial charge < -0.3 is 10.2 Å². The van der Waals surface area contributed by atoms with Crippen molar-refractivity contribution in [3.63, 3.8) is 0 Å². The van der Waals surface area contributed by atoms with Crippen molar-refractivity contribution in [2.24, 2.45) is 0 Å². The molecule has 2 aromatic rings. The lowest BCUT2D eigenvalue weighted by molar-refractivity contribution is -0.140. The fourth-order valence-electron chi connectivity index (χ4n) is 3.42. The fraction of sp³-hybridized carbons (Fsp3) is 0.417. The summed E-state index contributed by atoms with van der Waals surface area (Å²) in [6, 6.07) is 10.4. The number of carbonyl (C=O) groups excluding carboxylic acids is 2. The maximum Gasteiger partial charge on any atom is 0.244 e. The third-order valence-corrected chi connectivity index (χ3v) is 7.44. The Hall–Kier alpha value is -2.00. The molecule has 0 aliphatic carbocycles. The minimum atomic E-state index is -3.92. The number of anilines is 1. The van der Waals surface area contributed by atoms with Gasteiger partial charge in [-0.1, -0.05) is 60.8 Å². The van der Waals surface area contributed by atoms with E-state index >= 15 is 0 Å². The van der Waals surface area contributed by atoms with Gasteiger partial charge in [0.2, 0.25) is 21.8 Å². The molecule has 0 aliphatic heterocycles. The monoisotopic (exact) mass is 561 g/mol. The summed E-state index contributed by atoms with van der Waals surface area (Å²) in [7, 11) is -3.92. The number of benzene rings is 2. The molecule has 0 radical (unpaired) electrons. The van der Waals surface area contributed by atoms with Crippen LogP contribution in [0.25, 0.3) is 0 Å². The summed E-state index contributed by atoms with van der Waals surface area (Å²) >= 11 is 18.3. The predicted octanol–water partition coefficient (Wildman–Crippen LogP) is 5.13. The standard InChI is InChI=1S/C24H30Cl3N3O4S/c1-5-16(3)28-24(32)21(6-2)29(14-17-7-9-18(25)10-8-17)23(31)15-30(35(4,33)34)22-13-19(26)11-12-20(22)27/h7-13,16,21H,5-6,14-15H2,1-4H3,(H,28,32)/t16-,21+/m1/s1. The summed E-state index contributed by atoms with van der Waals surface area (Å²) in [6.07, 6.45) is 2.04. The largest absolute Gasteiger partial charge is 0.352 e. The normalized spacial score (nSPS) is 13.1. The first-order valence-corrected chi connectivity index (χ1v) is 14.1. The van der Waals surface area contributed by atoms with Gasteiger partial charge in [-0.25, -0.2) is 8.42 Å². The first kappa shape index (κ1) is 29.2. The fourth-order valence-corrected chi connectivity index (χ4v) is 4.83. The lowest BCUT2D eigenvalue weighted by atomic mass is 10.1. The smallest absolute Gasteiger partial charge is 0.244 e. The number of halogens is 3. The molecule has 1 N–H and O–H groups in total. The number of amides is 2. The van der Waals surface area contributed by atoms with Crippen LogP contribution in [0.4, 0.5) is 5.69 Å². The van der Waals surface area contributed by atoms with E-state index in [0.717, 1.165) is 22.5 Å². The first-order chi connectivity index (χ1) is 16.4. The van der Waals surface area contributed by atoms with Crippen LogP contribution in [0.2, 0.25) is 15.1 Å². The maximum absolute atomic E-state index is 13.6. The quantitative estimate of drug-likeness (QED) is 0.411. The van der Waals surface area contributed by atoms with Crippen LogP contribution in [0.5, 0.6) is 0 Å². The van der Waals surface area contributed by atoms with E-state index in [2.05, 4.69) is 5.32 Å². The van der Waals surface area contributed by atoms with Crippen LogP contribution in [-0.2, 0) is 26.2 Å². The number of sulfonamides is 1. The Kier molecular flexibility index (Phi) is 10.7. The molecule has 11 heteroatoms. The maximum atomic E-state index is 13.6. The van der Waals surface area contributed by atoms with Crippen molar-refractivity contribution in [3.8, 4) is 0 Å². The average Bonchev–Trinajstić information content (AvgIpc) is 2.79. The van der Waals surface area contributed by atoms with E-state index in [1.807, 2.05) is 13.8 Å². The number of carbonyl (C=O) groups is 2. The van der Waals surface area contributed by atoms with E-state index < -0.39 is 28.5 Å². The highest BCUT2D eigenvalue weighted by Crippen LogP contribution is 2.31. The molecule has 0 fully saturated rings. The molecular weight excluding hydrogens is 533 g/mol. The number of nitrogens with zero attached hydrogens (tertiary/aromatic N) is 2. The third kappa shape index (κ3) is 8.27. The first-order valence-electron chi connectivity index (χ1n) is 11.1. The molecule has 0 heterocycles. The molecule has 2 aromatic carbocycles. The van der Waals surface area contributed by atoms with E-state index in [1.54, 1.807) is 31.2 Å². The molecule has 35 heavy (non-hydrogen) atoms. The van der Waals surface area contributed by atoms with Gasteiger partial charge in [0.1, 0.15) is 12.6 Å². The van der Waals surface area contributed by atoms with Crippen molar-refractivity contribution in [1.82, 2.24) is 10.2 Å². The predicted molar refractivity (Wildman–Crippen MR) is 143 cm³/mol. The molecule has 0 aromatic heterocycles. The van der Waals surface area contributed by atoms with Gasteiger partial charge in [-0.05, 0) is 55.7 Å². The summed E-state index contributed by atoms with van der Waals surface area (Å²) in [5.74, 6) is -0.872. The summed E-state index contributed by atoms with van der Waals surface area (Å²) in [4.78, 5) is 28.1. The molecule has 2 amide bonds. The highest BCUT2D eigenvalue weighted by atomic mass is 35.5. The number of hydrogen-bond acceptors (Lipinski definition) is 4. The molecule has 0 unspecified atom stereocenters. The highest BCUT2D eigenvalue weighted by molar-refractivity contribution is 7.92. The number of rotatable bonds is 11. The molecular formula is C24H30Cl3N3O4S. The van der Waals surface area contributed by atoms with Crippen molar-refractivity contribution in [3.05, 3.63) is 63.1 Å². The minimum absolute atomic E-state index is 0.0816. The lowest BCUT2D eigenvalue weighted by Crippen LogP contribution is -2.53. The molecule has 192 valence electrons. The second-order valence-corrected chi connectivity index (χ2v) is 11.4. The summed E-state index contributed by atoms with van der Waals surface area (Å²) in [5.41, 5.74) is 0.822. The van der Waals surface area contributed by atoms with Crippen molar-refractivity contribution in [1.29, 1.82) is 0 Å². The molecule has 0 aliphatic rings. The molecule has 0 saturated heterocycles. The Morgan fingerprint density at radius 1 is 0.971 bits per heavy atom. The Morgan fingerprint density at radius 2 is 1.57 bits per heavy atom. The van der Waals surface area contributed by atoms with Crippen LogP contribution in [0.1, 0.15) is 39.2 Å². The van der Waals surface area contributed by atoms with E-state index in [1.165, 1.54) is 23.1 Å². The third-order valence-electron chi connectivity index (χ3n) is 5.51. The van der Waals surface area contributed by atoms with Gasteiger partial charge in [0.15, 0.2) is 0 Å². The van der Waals surface area contributed by atoms with Gasteiger partial charge in [0.05, 0.1) is 17.0 Å². The van der Waals surface area contributed by atoms with Gasteiger partial charge in [-0.15, -0.1) is 0 Å². The van der Waals surface area contributed by atoms with Crippen LogP contribution in [-0.4, -0.2) is 50.0 Å². The van der Waals surface area contributed by atoms with Crippen LogP contribution in [0.3, 0.4) is 0 Å². The van der Waals surface area contributed by atoms with Crippen LogP contribution >= 0.6 is 34.8 Å². The number of nitrogens with one attached hydrogen (secondary N) is 1. The van der Waals surface area contributed by atoms with Gasteiger partial charge in [0.25, 0.3) is 0 Å². The number of hydrogen-bond donors (Lipinski definition) is 1. The Labute approximate surface area is 222 Å². The summed E-state index contributed by atoms with van der Waals surface area (Å²) < 4.78 is 26.2. The SMILES string of the molecule is CC[C@@H](C)NC(=O)[C@H](CC)N(Cc1ccc(Cl)cc1)C(=O)CN(c1cc(Cl)ccc1Cl)S(C)(=O)=O. The highest BCUT2D eigenvalue weighted by Gasteiger charge is 2.32. The lowest BCUT2D eigenvalue weighted by Gasteiger charge is -2.33. The van der Waals surface area contributed by atoms with Crippen molar-refractivity contribution in [2.45, 2.75) is 52.2 Å². The molecule has 0 bridgehead atoms. The Balaban J connectivity index is 2.47. The zero-order chi connectivity index (χ0) is 26.3. The molecule has 0 saturated carbocycles. The topological polar surface area (TPSA) is 86.8 Å². The van der Waals surface area contributed by atoms with E-state index in [9.17, 15) is 18.0 Å². The van der Waals surface area contributed by atoms with Crippen molar-refractivity contribution < 1.29 is 18.0 Å². The zero-order valence-corrected chi connectivity index (χ0v) is 23.2. The minimum Gasteiger partial charge on any atom is -0.352 e. The van der Waals surface area contributed by atoms with E-state index in [4.69, 9.17) is 34.8 Å². The molecule has 7 nitrogen and oxygen atoms in total. The van der Waals surface area contributed by atoms with Crippen molar-refractivity contribution in [2.75, 3.05) is 17.1 Å². The Morgan fingerprint density at radius 3 is 2.11 bits per heavy atom. The zero-order valence-electron chi connectivity index (χ0n) is 20.1. The van der Waals surface area contributed by atoms with Gasteiger partial charge in [0, 0.05) is 22.6 Å². The van der Waals surface area contributed by atoms with Crippen LogP contribution in [0.15, 0.2) is 42.5 Å². The summed E-state index contributed by atoms with van der Waals surface area (Å²) in [5, 5.41) is 3.84. The molecule has 2 rings (SSSR count). The average molecular weight is 563 g/mol. The second kappa shape index (κ2) is 12.8. The van der Waals surface area contributed by atoms with E-state index in [-0.39, 0.29) is 34.2 Å². The Bertz CT molecular complexity index is 1140. The van der Waals surface area contributed by atoms with Crippen molar-refractivity contribution >= 4 is 62.3 Å². The van der Waals surface area contributed by atoms with E-state index in [0.29, 0.717) is 11.4 Å². The second-order valence-electron chi connectivity index (χ2n) is 8.26. The van der Waals surface area contributed by atoms with Gasteiger partial charge in [-0.2, -0.15) is 0 Å². The summed E-state index contributed by atoms with van der Waals surface area (Å²) in [6.45, 7) is 5.15. The van der Waals surface area contributed by atoms with Gasteiger partial charge >= 0.3 is 0 Å². The molecule has 2 atom stereocenters. The van der Waals surface area contributed by atoms with Gasteiger partial charge in [-0.3, -0.25) is 13.9 Å². The molecule has 0 spiro atoms. The van der Waals surface area contributed by atoms with Crippen LogP contribution in [0, 0.1) is 0 Å².